The smallest absolute Gasteiger partial charge is 0.254 e. The highest BCUT2D eigenvalue weighted by Gasteiger charge is 2.32. The Labute approximate surface area is 159 Å². The Hall–Kier alpha value is -3.13. The van der Waals surface area contributed by atoms with Gasteiger partial charge in [0.2, 0.25) is 0 Å². The first-order valence-corrected chi connectivity index (χ1v) is 9.61. The highest BCUT2D eigenvalue weighted by Crippen LogP contribution is 2.37. The van der Waals surface area contributed by atoms with E-state index < -0.39 is 0 Å². The number of tetrazole rings is 1. The first-order valence-electron chi connectivity index (χ1n) is 8.79. The summed E-state index contributed by atoms with van der Waals surface area (Å²) in [5, 5.41) is 12.1. The van der Waals surface area contributed by atoms with Crippen LogP contribution in [0, 0.1) is 0 Å². The Kier molecular flexibility index (Phi) is 3.90. The van der Waals surface area contributed by atoms with Crippen LogP contribution in [0.15, 0.2) is 54.9 Å². The Morgan fingerprint density at radius 3 is 2.74 bits per heavy atom. The van der Waals surface area contributed by atoms with E-state index in [1.165, 1.54) is 6.33 Å². The van der Waals surface area contributed by atoms with Crippen molar-refractivity contribution in [1.29, 1.82) is 0 Å². The van der Waals surface area contributed by atoms with Crippen molar-refractivity contribution in [3.05, 3.63) is 65.4 Å². The van der Waals surface area contributed by atoms with Gasteiger partial charge in [0.05, 0.1) is 21.9 Å². The Morgan fingerprint density at radius 2 is 1.96 bits per heavy atom. The van der Waals surface area contributed by atoms with Crippen LogP contribution < -0.4 is 0 Å². The predicted octanol–water partition coefficient (Wildman–Crippen LogP) is 3.25. The van der Waals surface area contributed by atoms with Gasteiger partial charge in [0, 0.05) is 12.1 Å². The fourth-order valence-electron chi connectivity index (χ4n) is 3.50. The van der Waals surface area contributed by atoms with E-state index in [-0.39, 0.29) is 11.9 Å². The zero-order valence-electron chi connectivity index (χ0n) is 14.4. The summed E-state index contributed by atoms with van der Waals surface area (Å²) in [5.74, 6) is 0.0417. The van der Waals surface area contributed by atoms with Crippen molar-refractivity contribution < 1.29 is 4.79 Å². The first-order chi connectivity index (χ1) is 13.3. The number of thiazole rings is 1. The number of para-hydroxylation sites is 1. The average molecular weight is 376 g/mol. The van der Waals surface area contributed by atoms with Crippen molar-refractivity contribution in [3.8, 4) is 5.69 Å². The van der Waals surface area contributed by atoms with E-state index in [9.17, 15) is 4.79 Å². The lowest BCUT2D eigenvalue weighted by Crippen LogP contribution is -2.30. The SMILES string of the molecule is O=C(c1ccc(-n2cnnn2)cc1)N1CCC[C@@H]1c1nc2ccccc2s1. The molecule has 0 radical (unpaired) electrons. The molecule has 0 unspecified atom stereocenters. The summed E-state index contributed by atoms with van der Waals surface area (Å²) >= 11 is 1.68. The minimum atomic E-state index is 0.0417. The number of carbonyl (C=O) groups excluding carboxylic acids is 1. The van der Waals surface area contributed by atoms with Crippen LogP contribution in [0.2, 0.25) is 0 Å². The lowest BCUT2D eigenvalue weighted by Gasteiger charge is -2.23. The van der Waals surface area contributed by atoms with Crippen molar-refractivity contribution in [2.75, 3.05) is 6.54 Å². The minimum absolute atomic E-state index is 0.0417. The van der Waals surface area contributed by atoms with Crippen LogP contribution in [-0.4, -0.2) is 42.5 Å². The maximum Gasteiger partial charge on any atom is 0.254 e. The molecule has 4 aromatic rings. The van der Waals surface area contributed by atoms with Crippen LogP contribution in [0.5, 0.6) is 0 Å². The lowest BCUT2D eigenvalue weighted by molar-refractivity contribution is 0.0735. The normalized spacial score (nSPS) is 16.9. The monoisotopic (exact) mass is 376 g/mol. The van der Waals surface area contributed by atoms with Gasteiger partial charge >= 0.3 is 0 Å². The molecule has 27 heavy (non-hydrogen) atoms. The van der Waals surface area contributed by atoms with Gasteiger partial charge in [-0.1, -0.05) is 12.1 Å². The molecule has 1 aliphatic heterocycles. The van der Waals surface area contributed by atoms with Crippen LogP contribution in [0.4, 0.5) is 0 Å². The van der Waals surface area contributed by atoms with Crippen LogP contribution in [-0.2, 0) is 0 Å². The number of carbonyl (C=O) groups is 1. The van der Waals surface area contributed by atoms with Gasteiger partial charge in [0.15, 0.2) is 0 Å². The van der Waals surface area contributed by atoms with Crippen LogP contribution in [0.1, 0.15) is 34.2 Å². The number of likely N-dealkylation sites (tertiary alicyclic amines) is 1. The molecule has 7 nitrogen and oxygen atoms in total. The maximum atomic E-state index is 13.1. The molecular weight excluding hydrogens is 360 g/mol. The van der Waals surface area contributed by atoms with Gasteiger partial charge in [-0.05, 0) is 59.7 Å². The number of benzene rings is 2. The highest BCUT2D eigenvalue weighted by molar-refractivity contribution is 7.18. The molecule has 134 valence electrons. The Morgan fingerprint density at radius 1 is 1.11 bits per heavy atom. The summed E-state index contributed by atoms with van der Waals surface area (Å²) in [7, 11) is 0. The average Bonchev–Trinajstić information content (AvgIpc) is 3.47. The Balaban J connectivity index is 1.41. The molecule has 2 aromatic heterocycles. The second kappa shape index (κ2) is 6.55. The second-order valence-corrected chi connectivity index (χ2v) is 7.54. The van der Waals surface area contributed by atoms with Crippen molar-refractivity contribution in [1.82, 2.24) is 30.1 Å². The largest absolute Gasteiger partial charge is 0.329 e. The fourth-order valence-corrected chi connectivity index (χ4v) is 4.62. The molecule has 0 saturated carbocycles. The molecule has 2 aromatic carbocycles. The van der Waals surface area contributed by atoms with Crippen LogP contribution in [0.25, 0.3) is 15.9 Å². The van der Waals surface area contributed by atoms with Crippen molar-refractivity contribution in [2.45, 2.75) is 18.9 Å². The number of hydrogen-bond acceptors (Lipinski definition) is 6. The van der Waals surface area contributed by atoms with Crippen LogP contribution >= 0.6 is 11.3 Å². The third-order valence-electron chi connectivity index (χ3n) is 4.84. The van der Waals surface area contributed by atoms with Gasteiger partial charge in [-0.3, -0.25) is 4.79 Å². The quantitative estimate of drug-likeness (QED) is 0.549. The molecule has 8 heteroatoms. The summed E-state index contributed by atoms with van der Waals surface area (Å²) in [6.45, 7) is 0.758. The van der Waals surface area contributed by atoms with Crippen molar-refractivity contribution in [3.63, 3.8) is 0 Å². The maximum absolute atomic E-state index is 13.1. The summed E-state index contributed by atoms with van der Waals surface area (Å²) in [5.41, 5.74) is 2.49. The summed E-state index contributed by atoms with van der Waals surface area (Å²) in [6, 6.07) is 15.5. The van der Waals surface area contributed by atoms with E-state index in [0.717, 1.165) is 40.3 Å². The molecule has 1 saturated heterocycles. The van der Waals surface area contributed by atoms with E-state index in [1.54, 1.807) is 16.0 Å². The molecule has 0 spiro atoms. The second-order valence-electron chi connectivity index (χ2n) is 6.48. The first kappa shape index (κ1) is 16.1. The molecular formula is C19H16N6OS. The van der Waals surface area contributed by atoms with E-state index >= 15 is 0 Å². The third kappa shape index (κ3) is 2.87. The lowest BCUT2D eigenvalue weighted by atomic mass is 10.1. The number of nitrogens with zero attached hydrogens (tertiary/aromatic N) is 6. The number of hydrogen-bond donors (Lipinski definition) is 0. The topological polar surface area (TPSA) is 76.8 Å². The van der Waals surface area contributed by atoms with Gasteiger partial charge in [-0.25, -0.2) is 9.67 Å². The van der Waals surface area contributed by atoms with Gasteiger partial charge in [-0.2, -0.15) is 0 Å². The number of aromatic nitrogens is 5. The molecule has 5 rings (SSSR count). The van der Waals surface area contributed by atoms with Gasteiger partial charge in [-0.15, -0.1) is 16.4 Å². The van der Waals surface area contributed by atoms with Crippen molar-refractivity contribution in [2.24, 2.45) is 0 Å². The zero-order chi connectivity index (χ0) is 18.2. The van der Waals surface area contributed by atoms with E-state index in [2.05, 4.69) is 21.6 Å². The summed E-state index contributed by atoms with van der Waals surface area (Å²) in [6.07, 6.45) is 3.48. The number of fused-ring (bicyclic) bond motifs is 1. The third-order valence-corrected chi connectivity index (χ3v) is 5.97. The summed E-state index contributed by atoms with van der Waals surface area (Å²) in [4.78, 5) is 19.8. The number of rotatable bonds is 3. The van der Waals surface area contributed by atoms with Gasteiger partial charge < -0.3 is 4.90 Å². The van der Waals surface area contributed by atoms with Crippen molar-refractivity contribution >= 4 is 27.5 Å². The number of amides is 1. The standard InChI is InChI=1S/C19H16N6OS/c26-19(13-7-9-14(10-8-13)25-12-20-22-23-25)24-11-3-5-16(24)18-21-15-4-1-2-6-17(15)27-18/h1-2,4,6-10,12,16H,3,5,11H2/t16-/m1/s1. The van der Waals surface area contributed by atoms with E-state index in [4.69, 9.17) is 4.98 Å². The van der Waals surface area contributed by atoms with Crippen LogP contribution in [0.3, 0.4) is 0 Å². The Bertz CT molecular complexity index is 1060. The molecule has 1 aliphatic rings. The molecule has 1 fully saturated rings. The molecule has 0 bridgehead atoms. The minimum Gasteiger partial charge on any atom is -0.329 e. The van der Waals surface area contributed by atoms with Gasteiger partial charge in [0.25, 0.3) is 5.91 Å². The molecule has 1 atom stereocenters. The van der Waals surface area contributed by atoms with E-state index in [1.807, 2.05) is 47.4 Å². The fraction of sp³-hybridized carbons (Fsp3) is 0.211. The predicted molar refractivity (Wildman–Crippen MR) is 102 cm³/mol. The molecule has 1 amide bonds. The summed E-state index contributed by atoms with van der Waals surface area (Å²) < 4.78 is 2.73. The molecule has 0 N–H and O–H groups in total. The zero-order valence-corrected chi connectivity index (χ0v) is 15.2. The van der Waals surface area contributed by atoms with E-state index in [0.29, 0.717) is 5.56 Å². The molecule has 3 heterocycles. The van der Waals surface area contributed by atoms with Gasteiger partial charge in [0.1, 0.15) is 11.3 Å². The highest BCUT2D eigenvalue weighted by atomic mass is 32.1. The molecule has 0 aliphatic carbocycles.